The molecule has 0 aromatic heterocycles. The zero-order valence-corrected chi connectivity index (χ0v) is 24.8. The van der Waals surface area contributed by atoms with Crippen LogP contribution in [0.5, 0.6) is 5.75 Å². The average molecular weight is 563 g/mol. The number of ether oxygens (including phenoxy) is 3. The van der Waals surface area contributed by atoms with Crippen LogP contribution in [0.15, 0.2) is 42.5 Å². The number of esters is 1. The van der Waals surface area contributed by atoms with Crippen molar-refractivity contribution in [3.63, 3.8) is 0 Å². The fourth-order valence-electron chi connectivity index (χ4n) is 3.84. The van der Waals surface area contributed by atoms with Crippen LogP contribution in [0.1, 0.15) is 59.6 Å². The molecule has 8 nitrogen and oxygen atoms in total. The lowest BCUT2D eigenvalue weighted by molar-refractivity contribution is -0.143. The Morgan fingerprint density at radius 1 is 1.03 bits per heavy atom. The first-order valence-corrected chi connectivity index (χ1v) is 12.5. The van der Waals surface area contributed by atoms with E-state index < -0.39 is 47.8 Å². The Kier molecular flexibility index (Phi) is 10.5. The summed E-state index contributed by atoms with van der Waals surface area (Å²) in [6.45, 7) is 12.9. The second-order valence-corrected chi connectivity index (χ2v) is 11.3. The third-order valence-corrected chi connectivity index (χ3v) is 6.48. The topological polar surface area (TPSA) is 92.3 Å². The molecule has 1 amide bonds. The summed E-state index contributed by atoms with van der Waals surface area (Å²) >= 11 is 0. The Morgan fingerprint density at radius 2 is 1.62 bits per heavy atom. The summed E-state index contributed by atoms with van der Waals surface area (Å²) in [6, 6.07) is 11.2. The minimum atomic E-state index is -1.11. The average Bonchev–Trinajstić information content (AvgIpc) is 3.03. The molecular weight excluding hydrogens is 524 g/mol. The van der Waals surface area contributed by atoms with Crippen LogP contribution < -0.4 is 15.5 Å². The van der Waals surface area contributed by atoms with Crippen molar-refractivity contribution >= 4 is 38.1 Å². The highest BCUT2D eigenvalue weighted by molar-refractivity contribution is 7.59. The Hall–Kier alpha value is -2.76. The number of rotatable bonds is 8. The van der Waals surface area contributed by atoms with Gasteiger partial charge in [-0.3, -0.25) is 0 Å². The highest BCUT2D eigenvalue weighted by Gasteiger charge is 2.53. The number of hydrogen-bond donors (Lipinski definition) is 1. The van der Waals surface area contributed by atoms with E-state index in [1.807, 2.05) is 58.0 Å². The Balaban J connectivity index is 0.00000533. The van der Waals surface area contributed by atoms with Crippen LogP contribution in [0.3, 0.4) is 0 Å². The Labute approximate surface area is 237 Å². The number of amides is 1. The maximum atomic E-state index is 15.6. The molecule has 214 valence electrons. The van der Waals surface area contributed by atoms with Gasteiger partial charge in [-0.1, -0.05) is 36.4 Å². The molecule has 0 saturated carbocycles. The number of carbonyl (C=O) groups is 2. The van der Waals surface area contributed by atoms with Gasteiger partial charge in [-0.25, -0.2) is 14.0 Å². The first kappa shape index (κ1) is 32.5. The van der Waals surface area contributed by atoms with Gasteiger partial charge in [0, 0.05) is 11.9 Å². The monoisotopic (exact) mass is 563 g/mol. The highest BCUT2D eigenvalue weighted by Crippen LogP contribution is 2.37. The maximum Gasteiger partial charge on any atom is 0.498 e. The number of alkyl carbamates (subject to hydrolysis) is 1. The van der Waals surface area contributed by atoms with Crippen molar-refractivity contribution in [2.45, 2.75) is 84.3 Å². The zero-order valence-electron chi connectivity index (χ0n) is 23.8. The standard InChI is InChI=1S/C28H37BFNO7.H2S/c1-26(2,3)36-25(33)31-22(24(32)34-8)16-19-14-20(29-37-27(4,5)28(6,7)38-29)23(21(30)15-19)35-17-18-12-10-9-11-13-18;/h9-15,22H,16-17H2,1-8H3,(H,31,33);1H2/t22-;/m0./s1. The number of methoxy groups -OCH3 is 1. The van der Waals surface area contributed by atoms with Gasteiger partial charge in [0.05, 0.1) is 18.3 Å². The van der Waals surface area contributed by atoms with E-state index in [0.717, 1.165) is 5.56 Å². The molecule has 2 aromatic rings. The summed E-state index contributed by atoms with van der Waals surface area (Å²) in [6.07, 6.45) is -0.851. The van der Waals surface area contributed by atoms with Crippen LogP contribution >= 0.6 is 13.5 Å². The van der Waals surface area contributed by atoms with Crippen LogP contribution in [-0.4, -0.2) is 49.1 Å². The van der Waals surface area contributed by atoms with E-state index in [9.17, 15) is 9.59 Å². The predicted octanol–water partition coefficient (Wildman–Crippen LogP) is 4.43. The van der Waals surface area contributed by atoms with E-state index in [1.165, 1.54) is 13.2 Å². The van der Waals surface area contributed by atoms with Crippen molar-refractivity contribution in [3.8, 4) is 5.75 Å². The predicted molar refractivity (Wildman–Crippen MR) is 152 cm³/mol. The summed E-state index contributed by atoms with van der Waals surface area (Å²) < 4.78 is 44.1. The van der Waals surface area contributed by atoms with E-state index in [4.69, 9.17) is 23.5 Å². The largest absolute Gasteiger partial charge is 0.498 e. The van der Waals surface area contributed by atoms with Crippen molar-refractivity contribution < 1.29 is 37.5 Å². The molecule has 39 heavy (non-hydrogen) atoms. The lowest BCUT2D eigenvalue weighted by Gasteiger charge is -2.32. The first-order valence-electron chi connectivity index (χ1n) is 12.5. The van der Waals surface area contributed by atoms with Crippen molar-refractivity contribution in [1.29, 1.82) is 0 Å². The molecule has 1 saturated heterocycles. The van der Waals surface area contributed by atoms with Gasteiger partial charge in [-0.05, 0) is 65.7 Å². The van der Waals surface area contributed by atoms with E-state index in [-0.39, 0.29) is 32.3 Å². The fourth-order valence-corrected chi connectivity index (χ4v) is 3.84. The maximum absolute atomic E-state index is 15.6. The van der Waals surface area contributed by atoms with Gasteiger partial charge in [-0.15, -0.1) is 0 Å². The number of halogens is 1. The van der Waals surface area contributed by atoms with Crippen LogP contribution in [0, 0.1) is 5.82 Å². The second kappa shape index (κ2) is 12.6. The molecule has 1 atom stereocenters. The SMILES string of the molecule is COC(=O)[C@H](Cc1cc(F)c(OCc2ccccc2)c(B2OC(C)(C)C(C)(C)O2)c1)NC(=O)OC(C)(C)C.S. The molecule has 2 aromatic carbocycles. The van der Waals surface area contributed by atoms with Gasteiger partial charge in [0.2, 0.25) is 0 Å². The Bertz CT molecular complexity index is 1140. The van der Waals surface area contributed by atoms with Gasteiger partial charge >= 0.3 is 19.2 Å². The van der Waals surface area contributed by atoms with Gasteiger partial charge in [0.15, 0.2) is 11.6 Å². The molecule has 1 heterocycles. The zero-order chi connectivity index (χ0) is 28.3. The molecule has 1 aliphatic heterocycles. The molecule has 1 aliphatic rings. The molecule has 0 bridgehead atoms. The van der Waals surface area contributed by atoms with E-state index in [0.29, 0.717) is 11.0 Å². The minimum Gasteiger partial charge on any atom is -0.486 e. The quantitative estimate of drug-likeness (QED) is 0.376. The molecule has 11 heteroatoms. The van der Waals surface area contributed by atoms with Crippen molar-refractivity contribution in [2.75, 3.05) is 7.11 Å². The van der Waals surface area contributed by atoms with Crippen molar-refractivity contribution in [3.05, 3.63) is 59.4 Å². The van der Waals surface area contributed by atoms with Crippen LogP contribution in [-0.2, 0) is 36.6 Å². The number of hydrogen-bond acceptors (Lipinski definition) is 7. The van der Waals surface area contributed by atoms with Crippen LogP contribution in [0.4, 0.5) is 9.18 Å². The van der Waals surface area contributed by atoms with E-state index in [2.05, 4.69) is 5.32 Å². The van der Waals surface area contributed by atoms with Crippen molar-refractivity contribution in [2.24, 2.45) is 0 Å². The molecule has 0 spiro atoms. The van der Waals surface area contributed by atoms with Crippen molar-refractivity contribution in [1.82, 2.24) is 5.32 Å². The van der Waals surface area contributed by atoms with Gasteiger partial charge in [0.1, 0.15) is 18.2 Å². The summed E-state index contributed by atoms with van der Waals surface area (Å²) in [7, 11) is 0.291. The first-order chi connectivity index (χ1) is 17.6. The summed E-state index contributed by atoms with van der Waals surface area (Å²) in [4.78, 5) is 24.8. The molecule has 3 rings (SSSR count). The second-order valence-electron chi connectivity index (χ2n) is 11.3. The lowest BCUT2D eigenvalue weighted by atomic mass is 9.77. The van der Waals surface area contributed by atoms with Gasteiger partial charge < -0.3 is 28.8 Å². The summed E-state index contributed by atoms with van der Waals surface area (Å²) in [5.74, 6) is -1.35. The molecule has 1 N–H and O–H groups in total. The Morgan fingerprint density at radius 3 is 2.15 bits per heavy atom. The molecule has 0 aliphatic carbocycles. The highest BCUT2D eigenvalue weighted by atomic mass is 32.1. The third kappa shape index (κ3) is 8.36. The molecule has 0 unspecified atom stereocenters. The lowest BCUT2D eigenvalue weighted by Crippen LogP contribution is -2.45. The van der Waals surface area contributed by atoms with Gasteiger partial charge in [0.25, 0.3) is 0 Å². The smallest absolute Gasteiger partial charge is 0.486 e. The fraction of sp³-hybridized carbons (Fsp3) is 0.500. The number of nitrogens with one attached hydrogen (secondary N) is 1. The van der Waals surface area contributed by atoms with Gasteiger partial charge in [-0.2, -0.15) is 13.5 Å². The van der Waals surface area contributed by atoms with E-state index >= 15 is 4.39 Å². The van der Waals surface area contributed by atoms with E-state index in [1.54, 1.807) is 26.8 Å². The number of benzene rings is 2. The third-order valence-electron chi connectivity index (χ3n) is 6.48. The molecule has 0 radical (unpaired) electrons. The molecular formula is C28H39BFNO7S. The molecule has 1 fully saturated rings. The summed E-state index contributed by atoms with van der Waals surface area (Å²) in [5.41, 5.74) is -0.496. The summed E-state index contributed by atoms with van der Waals surface area (Å²) in [5, 5.41) is 2.52. The minimum absolute atomic E-state index is 0. The normalized spacial score (nSPS) is 16.6. The number of carbonyl (C=O) groups excluding carboxylic acids is 2. The van der Waals surface area contributed by atoms with Crippen LogP contribution in [0.25, 0.3) is 0 Å². The van der Waals surface area contributed by atoms with Crippen LogP contribution in [0.2, 0.25) is 0 Å².